The van der Waals surface area contributed by atoms with Crippen LogP contribution in [-0.4, -0.2) is 151 Å². The van der Waals surface area contributed by atoms with Crippen molar-refractivity contribution in [3.63, 3.8) is 0 Å². The second kappa shape index (κ2) is 20.9. The zero-order chi connectivity index (χ0) is 48.2. The lowest BCUT2D eigenvalue weighted by molar-refractivity contribution is -0.274. The Balaban J connectivity index is 1.36. The fourth-order valence-corrected chi connectivity index (χ4v) is 9.32. The first kappa shape index (κ1) is 50.4. The molecule has 8 N–H and O–H groups in total. The number of esters is 1. The van der Waals surface area contributed by atoms with Gasteiger partial charge in [0.05, 0.1) is 24.2 Å². The van der Waals surface area contributed by atoms with E-state index < -0.39 is 142 Å². The van der Waals surface area contributed by atoms with Gasteiger partial charge in [-0.05, 0) is 94.3 Å². The summed E-state index contributed by atoms with van der Waals surface area (Å²) in [6.07, 6.45) is -10.9. The highest BCUT2D eigenvalue weighted by Gasteiger charge is 2.50. The van der Waals surface area contributed by atoms with Gasteiger partial charge in [0.1, 0.15) is 54.1 Å². The van der Waals surface area contributed by atoms with Crippen LogP contribution in [0.4, 0.5) is 32.4 Å². The fourth-order valence-electron chi connectivity index (χ4n) is 8.78. The Morgan fingerprint density at radius 2 is 1.59 bits per heavy atom. The number of urea groups is 1. The lowest BCUT2D eigenvalue weighted by atomic mass is 9.98. The molecule has 66 heavy (non-hydrogen) atoms. The number of alkyl halides is 3. The van der Waals surface area contributed by atoms with Crippen LogP contribution in [0.1, 0.15) is 57.9 Å². The summed E-state index contributed by atoms with van der Waals surface area (Å²) >= 11 is 0. The predicted molar refractivity (Wildman–Crippen MR) is 217 cm³/mol. The molecule has 4 fully saturated rings. The van der Waals surface area contributed by atoms with Gasteiger partial charge >= 0.3 is 26.2 Å². The molecular formula is C40H51F5N7O13P. The number of rotatable bonds is 10. The molecule has 26 heteroatoms. The number of aliphatic hydroxyl groups is 2. The van der Waals surface area contributed by atoms with E-state index in [0.29, 0.717) is 25.3 Å². The van der Waals surface area contributed by atoms with Crippen molar-refractivity contribution in [3.05, 3.63) is 59.7 Å². The number of amides is 5. The van der Waals surface area contributed by atoms with Gasteiger partial charge in [0.2, 0.25) is 17.7 Å². The van der Waals surface area contributed by atoms with Crippen LogP contribution in [-0.2, 0) is 39.4 Å². The van der Waals surface area contributed by atoms with Gasteiger partial charge in [-0.15, -0.1) is 13.2 Å². The highest BCUT2D eigenvalue weighted by Crippen LogP contribution is 2.41. The van der Waals surface area contributed by atoms with Gasteiger partial charge in [0.25, 0.3) is 0 Å². The van der Waals surface area contributed by atoms with E-state index in [1.807, 2.05) is 0 Å². The molecule has 0 aromatic heterocycles. The van der Waals surface area contributed by atoms with Crippen LogP contribution >= 0.6 is 7.82 Å². The average Bonchev–Trinajstić information content (AvgIpc) is 3.88. The third-order valence-electron chi connectivity index (χ3n) is 11.7. The number of anilines is 1. The van der Waals surface area contributed by atoms with E-state index in [-0.39, 0.29) is 37.2 Å². The summed E-state index contributed by atoms with van der Waals surface area (Å²) in [7, 11) is -5.23. The topological polar surface area (TPSA) is 269 Å². The molecule has 2 unspecified atom stereocenters. The predicted octanol–water partition coefficient (Wildman–Crippen LogP) is 1.57. The Morgan fingerprint density at radius 1 is 0.924 bits per heavy atom. The quantitative estimate of drug-likeness (QED) is 0.0727. The molecule has 4 aliphatic heterocycles. The van der Waals surface area contributed by atoms with Gasteiger partial charge < -0.3 is 54.8 Å². The number of aliphatic hydroxyl groups excluding tert-OH is 2. The summed E-state index contributed by atoms with van der Waals surface area (Å²) < 4.78 is 93.6. The second-order valence-electron chi connectivity index (χ2n) is 16.6. The average molecular weight is 964 g/mol. The summed E-state index contributed by atoms with van der Waals surface area (Å²) in [4.78, 5) is 93.5. The molecule has 20 nitrogen and oxygen atoms in total. The molecule has 6 rings (SSSR count). The molecule has 4 saturated heterocycles. The van der Waals surface area contributed by atoms with Crippen molar-refractivity contribution in [2.45, 2.75) is 126 Å². The van der Waals surface area contributed by atoms with Crippen molar-refractivity contribution < 1.29 is 84.5 Å². The lowest BCUT2D eigenvalue weighted by Gasteiger charge is -2.42. The molecule has 4 aliphatic rings. The van der Waals surface area contributed by atoms with E-state index in [2.05, 4.69) is 26.0 Å². The molecule has 0 aliphatic carbocycles. The van der Waals surface area contributed by atoms with Crippen LogP contribution in [0.5, 0.6) is 5.75 Å². The standard InChI is InChI=1S/C40H51F5N7O13P/c1-20-35(55)51-13-5-7-30(51)38(58)63-21(2)32(37(57)52-19-27(65-66(60,61)62)18-31(52)36(56)50-12-4-3-6-29(50)34(54)46-20)49-33(53)28(16-22-14-23(41)17-24(42)15-22)48-39(59)47-25-8-10-26(11-9-25)64-40(43,44)45/h8-11,14-15,17,20-21,27-34,46,49,53-54H,3-7,12-13,16,18-19H2,1-2H3,(H2,47,48,59)(H2,60,61,62)/t20-,21-,27+,28-,29-,30-,31-,32-,33?,34?/m0/s1. The summed E-state index contributed by atoms with van der Waals surface area (Å²) in [5.41, 5.74) is -0.190. The molecule has 0 spiro atoms. The number of cyclic esters (lactones) is 1. The van der Waals surface area contributed by atoms with Crippen molar-refractivity contribution in [3.8, 4) is 5.75 Å². The number of phosphoric acid groups is 1. The summed E-state index contributed by atoms with van der Waals surface area (Å²) in [6, 6.07) is -3.08. The largest absolute Gasteiger partial charge is 0.573 e. The molecular weight excluding hydrogens is 912 g/mol. The number of hydrogen-bond donors (Lipinski definition) is 8. The number of fused-ring (bicyclic) bond motifs is 3. The third-order valence-corrected chi connectivity index (χ3v) is 12.3. The minimum absolute atomic E-state index is 0.0711. The monoisotopic (exact) mass is 963 g/mol. The van der Waals surface area contributed by atoms with Crippen LogP contribution in [0.25, 0.3) is 0 Å². The Bertz CT molecular complexity index is 2140. The molecule has 4 heterocycles. The van der Waals surface area contributed by atoms with Crippen molar-refractivity contribution in [2.75, 3.05) is 25.0 Å². The Kier molecular flexibility index (Phi) is 15.9. The molecule has 2 aromatic rings. The number of halogens is 5. The Morgan fingerprint density at radius 3 is 2.24 bits per heavy atom. The number of ether oxygens (including phenoxy) is 2. The summed E-state index contributed by atoms with van der Waals surface area (Å²) in [6.45, 7) is 2.31. The number of carbonyl (C=O) groups excluding carboxylic acids is 5. The normalized spacial score (nSPS) is 28.0. The maximum absolute atomic E-state index is 15.0. The van der Waals surface area contributed by atoms with Crippen molar-refractivity contribution in [1.29, 1.82) is 0 Å². The molecule has 364 valence electrons. The Hall–Kier alpha value is -5.01. The number of nitrogens with one attached hydrogen (secondary N) is 4. The maximum atomic E-state index is 15.0. The van der Waals surface area contributed by atoms with Gasteiger partial charge in [-0.1, -0.05) is 0 Å². The fraction of sp³-hybridized carbons (Fsp3) is 0.575. The van der Waals surface area contributed by atoms with Crippen molar-refractivity contribution >= 4 is 43.2 Å². The van der Waals surface area contributed by atoms with E-state index in [9.17, 15) is 70.5 Å². The van der Waals surface area contributed by atoms with E-state index in [1.54, 1.807) is 0 Å². The highest BCUT2D eigenvalue weighted by atomic mass is 31.2. The van der Waals surface area contributed by atoms with Crippen molar-refractivity contribution in [1.82, 2.24) is 30.7 Å². The van der Waals surface area contributed by atoms with Gasteiger partial charge in [0, 0.05) is 37.8 Å². The molecule has 10 atom stereocenters. The molecule has 0 bridgehead atoms. The first-order valence-electron chi connectivity index (χ1n) is 21.1. The zero-order valence-corrected chi connectivity index (χ0v) is 36.4. The second-order valence-corrected chi connectivity index (χ2v) is 17.8. The van der Waals surface area contributed by atoms with E-state index in [4.69, 9.17) is 9.26 Å². The number of nitrogens with zero attached hydrogens (tertiary/aromatic N) is 3. The third kappa shape index (κ3) is 12.9. The minimum Gasteiger partial charge on any atom is -0.459 e. The van der Waals surface area contributed by atoms with Crippen LogP contribution in [0, 0.1) is 11.6 Å². The molecule has 0 saturated carbocycles. The lowest BCUT2D eigenvalue weighted by Crippen LogP contribution is -2.64. The van der Waals surface area contributed by atoms with E-state index >= 15 is 0 Å². The highest BCUT2D eigenvalue weighted by molar-refractivity contribution is 7.46. The van der Waals surface area contributed by atoms with Gasteiger partial charge in [-0.3, -0.25) is 29.5 Å². The van der Waals surface area contributed by atoms with Crippen LogP contribution in [0.3, 0.4) is 0 Å². The van der Waals surface area contributed by atoms with E-state index in [0.717, 1.165) is 41.3 Å². The zero-order valence-electron chi connectivity index (χ0n) is 35.5. The number of benzene rings is 2. The number of hydrogen-bond acceptors (Lipinski definition) is 13. The molecule has 0 radical (unpaired) electrons. The maximum Gasteiger partial charge on any atom is 0.573 e. The first-order valence-corrected chi connectivity index (χ1v) is 22.6. The van der Waals surface area contributed by atoms with Crippen LogP contribution in [0.15, 0.2) is 42.5 Å². The van der Waals surface area contributed by atoms with Crippen LogP contribution < -0.4 is 26.0 Å². The number of carbonyl (C=O) groups is 5. The molecule has 5 amide bonds. The summed E-state index contributed by atoms with van der Waals surface area (Å²) in [5.74, 6) is -6.07. The molecule has 2 aromatic carbocycles. The van der Waals surface area contributed by atoms with Gasteiger partial charge in [-0.2, -0.15) is 0 Å². The van der Waals surface area contributed by atoms with Gasteiger partial charge in [0.15, 0.2) is 0 Å². The van der Waals surface area contributed by atoms with Crippen molar-refractivity contribution in [2.24, 2.45) is 0 Å². The minimum atomic E-state index is -5.23. The first-order chi connectivity index (χ1) is 31.0. The van der Waals surface area contributed by atoms with Gasteiger partial charge in [-0.25, -0.2) is 22.9 Å². The number of piperidine rings is 1. The van der Waals surface area contributed by atoms with E-state index in [1.165, 1.54) is 23.6 Å². The smallest absolute Gasteiger partial charge is 0.459 e. The number of phosphoric ester groups is 1. The summed E-state index contributed by atoms with van der Waals surface area (Å²) in [5, 5.41) is 33.5. The Labute approximate surface area is 374 Å². The SMILES string of the molecule is C[C@@H]1NC(O)[C@@H]2CCCCN2C(=O)[C@@H]2C[C@@H](OP(=O)(O)O)CN2C(=O)[C@@H](NC(O)[C@H](Cc2cc(F)cc(F)c2)NC(=O)Nc2ccc(OC(F)(F)F)cc2)[C@H](C)OC(=O)[C@@H]2CCCN2C1=O. The van der Waals surface area contributed by atoms with Crippen LogP contribution in [0.2, 0.25) is 0 Å².